The number of primary sulfonamides is 1. The second-order valence-electron chi connectivity index (χ2n) is 6.67. The van der Waals surface area contributed by atoms with Crippen LogP contribution in [0.4, 0.5) is 5.82 Å². The quantitative estimate of drug-likeness (QED) is 0.744. The van der Waals surface area contributed by atoms with E-state index in [0.717, 1.165) is 30.9 Å². The van der Waals surface area contributed by atoms with E-state index >= 15 is 0 Å². The molecule has 0 saturated carbocycles. The van der Waals surface area contributed by atoms with Gasteiger partial charge in [-0.15, -0.1) is 0 Å². The number of fused-ring (bicyclic) bond motifs is 1. The summed E-state index contributed by atoms with van der Waals surface area (Å²) in [5.74, 6) is 0.487. The summed E-state index contributed by atoms with van der Waals surface area (Å²) >= 11 is 0. The second kappa shape index (κ2) is 8.49. The fourth-order valence-electron chi connectivity index (χ4n) is 3.25. The zero-order valence-electron chi connectivity index (χ0n) is 15.1. The highest BCUT2D eigenvalue weighted by Crippen LogP contribution is 2.25. The summed E-state index contributed by atoms with van der Waals surface area (Å²) in [4.78, 5) is 18.7. The minimum Gasteiger partial charge on any atom is -0.352 e. The number of amides is 1. The average Bonchev–Trinajstić information content (AvgIpc) is 2.65. The largest absolute Gasteiger partial charge is 0.352 e. The van der Waals surface area contributed by atoms with E-state index in [1.165, 1.54) is 11.1 Å². The second-order valence-corrected chi connectivity index (χ2v) is 8.41. The number of carbonyl (C=O) groups excluding carboxylic acids is 1. The number of anilines is 1. The van der Waals surface area contributed by atoms with Crippen molar-refractivity contribution in [2.24, 2.45) is 5.14 Å². The number of hydrogen-bond acceptors (Lipinski definition) is 5. The summed E-state index contributed by atoms with van der Waals surface area (Å²) in [6.45, 7) is 2.03. The predicted molar refractivity (Wildman–Crippen MR) is 104 cm³/mol. The number of nitrogens with zero attached hydrogens (tertiary/aromatic N) is 2. The lowest BCUT2D eigenvalue weighted by atomic mass is 9.99. The van der Waals surface area contributed by atoms with Crippen molar-refractivity contribution in [2.45, 2.75) is 32.4 Å². The van der Waals surface area contributed by atoms with Crippen LogP contribution in [0.2, 0.25) is 0 Å². The van der Waals surface area contributed by atoms with Crippen LogP contribution in [0.5, 0.6) is 0 Å². The molecule has 144 valence electrons. The van der Waals surface area contributed by atoms with Gasteiger partial charge in [0.05, 0.1) is 5.75 Å². The Balaban J connectivity index is 1.61. The Kier molecular flexibility index (Phi) is 6.08. The Morgan fingerprint density at radius 3 is 2.74 bits per heavy atom. The summed E-state index contributed by atoms with van der Waals surface area (Å²) in [5, 5.41) is 7.79. The third-order valence-corrected chi connectivity index (χ3v) is 5.46. The van der Waals surface area contributed by atoms with Crippen LogP contribution in [0, 0.1) is 0 Å². The number of nitrogens with two attached hydrogens (primary N) is 1. The number of pyridine rings is 1. The number of carbonyl (C=O) groups is 1. The number of aromatic nitrogens is 1. The topological polar surface area (TPSA) is 105 Å². The van der Waals surface area contributed by atoms with Gasteiger partial charge in [-0.1, -0.05) is 30.3 Å². The standard InChI is InChI=1S/C19H24N4O3S/c20-27(25,26)12-4-8-18(24)22-13-16-7-3-10-21-19(16)23-11-9-15-5-1-2-6-17(15)14-23/h1-3,5-7,10H,4,8-9,11-14H2,(H,22,24)(H2,20,25,26). The summed E-state index contributed by atoms with van der Waals surface area (Å²) < 4.78 is 21.9. The van der Waals surface area contributed by atoms with Crippen LogP contribution in [0.15, 0.2) is 42.6 Å². The fraction of sp³-hybridized carbons (Fsp3) is 0.368. The normalized spacial score (nSPS) is 13.9. The molecule has 0 bridgehead atoms. The molecule has 7 nitrogen and oxygen atoms in total. The molecular weight excluding hydrogens is 364 g/mol. The number of hydrogen-bond donors (Lipinski definition) is 2. The highest BCUT2D eigenvalue weighted by atomic mass is 32.2. The molecule has 27 heavy (non-hydrogen) atoms. The van der Waals surface area contributed by atoms with Gasteiger partial charge in [-0.05, 0) is 30.0 Å². The molecule has 2 heterocycles. The maximum Gasteiger partial charge on any atom is 0.220 e. The molecular formula is C19H24N4O3S. The van der Waals surface area contributed by atoms with Crippen molar-refractivity contribution in [3.8, 4) is 0 Å². The van der Waals surface area contributed by atoms with Gasteiger partial charge in [0.2, 0.25) is 15.9 Å². The van der Waals surface area contributed by atoms with E-state index < -0.39 is 10.0 Å². The van der Waals surface area contributed by atoms with E-state index in [4.69, 9.17) is 5.14 Å². The minimum atomic E-state index is -3.53. The molecule has 0 aliphatic carbocycles. The summed E-state index contributed by atoms with van der Waals surface area (Å²) in [6.07, 6.45) is 3.07. The van der Waals surface area contributed by atoms with Crippen LogP contribution in [-0.2, 0) is 34.3 Å². The van der Waals surface area contributed by atoms with E-state index in [0.29, 0.717) is 6.54 Å². The molecule has 0 unspecified atom stereocenters. The van der Waals surface area contributed by atoms with Gasteiger partial charge in [0.25, 0.3) is 0 Å². The van der Waals surface area contributed by atoms with Crippen LogP contribution in [0.3, 0.4) is 0 Å². The van der Waals surface area contributed by atoms with Crippen LogP contribution < -0.4 is 15.4 Å². The van der Waals surface area contributed by atoms with Crippen molar-refractivity contribution in [1.82, 2.24) is 10.3 Å². The van der Waals surface area contributed by atoms with Gasteiger partial charge in [0, 0.05) is 37.8 Å². The molecule has 2 aromatic rings. The molecule has 8 heteroatoms. The monoisotopic (exact) mass is 388 g/mol. The summed E-state index contributed by atoms with van der Waals surface area (Å²) in [6, 6.07) is 12.2. The van der Waals surface area contributed by atoms with Crippen molar-refractivity contribution < 1.29 is 13.2 Å². The highest BCUT2D eigenvalue weighted by Gasteiger charge is 2.19. The lowest BCUT2D eigenvalue weighted by Gasteiger charge is -2.31. The van der Waals surface area contributed by atoms with Gasteiger partial charge in [-0.25, -0.2) is 18.5 Å². The van der Waals surface area contributed by atoms with Gasteiger partial charge in [0.15, 0.2) is 0 Å². The molecule has 0 saturated heterocycles. The van der Waals surface area contributed by atoms with Gasteiger partial charge >= 0.3 is 0 Å². The van der Waals surface area contributed by atoms with Crippen LogP contribution in [0.1, 0.15) is 29.5 Å². The molecule has 1 aromatic heterocycles. The first-order valence-electron chi connectivity index (χ1n) is 8.95. The molecule has 1 aromatic carbocycles. The van der Waals surface area contributed by atoms with Gasteiger partial charge in [-0.3, -0.25) is 4.79 Å². The molecule has 0 atom stereocenters. The van der Waals surface area contributed by atoms with Crippen molar-refractivity contribution in [3.63, 3.8) is 0 Å². The van der Waals surface area contributed by atoms with Crippen molar-refractivity contribution in [1.29, 1.82) is 0 Å². The average molecular weight is 388 g/mol. The van der Waals surface area contributed by atoms with Gasteiger partial charge in [-0.2, -0.15) is 0 Å². The van der Waals surface area contributed by atoms with Crippen molar-refractivity contribution >= 4 is 21.7 Å². The maximum absolute atomic E-state index is 12.0. The SMILES string of the molecule is NS(=O)(=O)CCCC(=O)NCc1cccnc1N1CCc2ccccc2C1. The predicted octanol–water partition coefficient (Wildman–Crippen LogP) is 1.33. The maximum atomic E-state index is 12.0. The number of rotatable bonds is 7. The molecule has 0 spiro atoms. The van der Waals surface area contributed by atoms with Gasteiger partial charge < -0.3 is 10.2 Å². The molecule has 3 N–H and O–H groups in total. The molecule has 1 amide bonds. The Morgan fingerprint density at radius 1 is 1.19 bits per heavy atom. The molecule has 1 aliphatic heterocycles. The Hall–Kier alpha value is -2.45. The van der Waals surface area contributed by atoms with E-state index in [2.05, 4.69) is 33.4 Å². The third kappa shape index (κ3) is 5.51. The zero-order valence-corrected chi connectivity index (χ0v) is 15.9. The summed E-state index contributed by atoms with van der Waals surface area (Å²) in [5.41, 5.74) is 3.61. The lowest BCUT2D eigenvalue weighted by Crippen LogP contribution is -2.32. The number of nitrogens with one attached hydrogen (secondary N) is 1. The number of sulfonamides is 1. The van der Waals surface area contributed by atoms with Crippen LogP contribution in [-0.4, -0.2) is 31.6 Å². The Bertz CT molecular complexity index is 915. The smallest absolute Gasteiger partial charge is 0.220 e. The van der Waals surface area contributed by atoms with E-state index in [1.54, 1.807) is 6.20 Å². The first-order valence-corrected chi connectivity index (χ1v) is 10.7. The van der Waals surface area contributed by atoms with E-state index in [9.17, 15) is 13.2 Å². The molecule has 0 radical (unpaired) electrons. The number of benzene rings is 1. The van der Waals surface area contributed by atoms with Gasteiger partial charge in [0.1, 0.15) is 5.82 Å². The third-order valence-electron chi connectivity index (χ3n) is 4.61. The van der Waals surface area contributed by atoms with Crippen molar-refractivity contribution in [3.05, 3.63) is 59.3 Å². The minimum absolute atomic E-state index is 0.128. The Morgan fingerprint density at radius 2 is 1.96 bits per heavy atom. The Labute approximate surface area is 159 Å². The lowest BCUT2D eigenvalue weighted by molar-refractivity contribution is -0.121. The molecule has 1 aliphatic rings. The highest BCUT2D eigenvalue weighted by molar-refractivity contribution is 7.89. The first-order chi connectivity index (χ1) is 12.9. The van der Waals surface area contributed by atoms with Crippen LogP contribution in [0.25, 0.3) is 0 Å². The zero-order chi connectivity index (χ0) is 19.3. The summed E-state index contributed by atoms with van der Waals surface area (Å²) in [7, 11) is -3.53. The van der Waals surface area contributed by atoms with Crippen molar-refractivity contribution in [2.75, 3.05) is 17.2 Å². The van der Waals surface area contributed by atoms with Crippen LogP contribution >= 0.6 is 0 Å². The fourth-order valence-corrected chi connectivity index (χ4v) is 3.79. The molecule has 0 fully saturated rings. The van der Waals surface area contributed by atoms with E-state index in [1.807, 2.05) is 18.2 Å². The molecule has 3 rings (SSSR count). The first kappa shape index (κ1) is 19.3. The van der Waals surface area contributed by atoms with E-state index in [-0.39, 0.29) is 24.5 Å².